The molecule has 0 saturated heterocycles. The van der Waals surface area contributed by atoms with Crippen molar-refractivity contribution in [3.05, 3.63) is 28.4 Å². The van der Waals surface area contributed by atoms with Crippen molar-refractivity contribution in [3.63, 3.8) is 0 Å². The van der Waals surface area contributed by atoms with Gasteiger partial charge in [0.2, 0.25) is 0 Å². The first-order chi connectivity index (χ1) is 8.20. The number of nitrogens with two attached hydrogens (primary N) is 1. The number of furan rings is 1. The van der Waals surface area contributed by atoms with Gasteiger partial charge in [-0.05, 0) is 19.0 Å². The predicted octanol–water partition coefficient (Wildman–Crippen LogP) is 0.795. The van der Waals surface area contributed by atoms with E-state index in [0.717, 1.165) is 6.42 Å². The minimum Gasteiger partial charge on any atom is -0.399 e. The fraction of sp³-hybridized carbons (Fsp3) is 0.333. The Hall–Kier alpha value is -2.22. The molecule has 17 heavy (non-hydrogen) atoms. The molecule has 90 valence electrons. The van der Waals surface area contributed by atoms with E-state index >= 15 is 0 Å². The van der Waals surface area contributed by atoms with Gasteiger partial charge in [0.25, 0.3) is 0 Å². The number of nitro groups is 1. The molecule has 2 heterocycles. The average molecular weight is 237 g/mol. The highest BCUT2D eigenvalue weighted by Crippen LogP contribution is 2.23. The van der Waals surface area contributed by atoms with Crippen LogP contribution in [0.5, 0.6) is 0 Å². The van der Waals surface area contributed by atoms with Crippen LogP contribution in [-0.2, 0) is 6.54 Å². The monoisotopic (exact) mass is 237 g/mol. The summed E-state index contributed by atoms with van der Waals surface area (Å²) in [6.45, 7) is 1.23. The number of hydrogen-bond donors (Lipinski definition) is 1. The summed E-state index contributed by atoms with van der Waals surface area (Å²) >= 11 is 0. The lowest BCUT2D eigenvalue weighted by Crippen LogP contribution is -2.06. The molecule has 0 fully saturated rings. The van der Waals surface area contributed by atoms with Gasteiger partial charge in [0.1, 0.15) is 10.6 Å². The van der Waals surface area contributed by atoms with Crippen molar-refractivity contribution in [2.45, 2.75) is 13.0 Å². The molecule has 0 aliphatic carbocycles. The second kappa shape index (κ2) is 4.74. The quantitative estimate of drug-likeness (QED) is 0.607. The van der Waals surface area contributed by atoms with Crippen molar-refractivity contribution >= 4 is 5.88 Å². The number of nitrogens with zero attached hydrogens (tertiary/aromatic N) is 4. The highest BCUT2D eigenvalue weighted by Gasteiger charge is 2.15. The highest BCUT2D eigenvalue weighted by molar-refractivity contribution is 5.51. The van der Waals surface area contributed by atoms with Crippen LogP contribution >= 0.6 is 0 Å². The van der Waals surface area contributed by atoms with Crippen LogP contribution in [0.4, 0.5) is 5.88 Å². The van der Waals surface area contributed by atoms with E-state index in [1.807, 2.05) is 0 Å². The first kappa shape index (κ1) is 11.3. The van der Waals surface area contributed by atoms with Crippen molar-refractivity contribution < 1.29 is 9.34 Å². The van der Waals surface area contributed by atoms with Crippen LogP contribution in [0, 0.1) is 10.1 Å². The molecule has 2 N–H and O–H groups in total. The second-order valence-corrected chi connectivity index (χ2v) is 3.40. The average Bonchev–Trinajstić information content (AvgIpc) is 2.94. The van der Waals surface area contributed by atoms with Crippen LogP contribution in [0.15, 0.2) is 22.7 Å². The Bertz CT molecular complexity index is 518. The molecule has 8 heteroatoms. The van der Waals surface area contributed by atoms with Crippen molar-refractivity contribution in [1.82, 2.24) is 15.0 Å². The SMILES string of the molecule is NCCCn1cc(-c2ccc([N+](=O)[O-])o2)nn1. The molecule has 2 rings (SSSR count). The molecule has 0 aliphatic rings. The van der Waals surface area contributed by atoms with E-state index in [1.54, 1.807) is 10.9 Å². The third-order valence-corrected chi connectivity index (χ3v) is 2.15. The zero-order valence-electron chi connectivity index (χ0n) is 8.94. The normalized spacial score (nSPS) is 10.6. The molecule has 2 aromatic rings. The van der Waals surface area contributed by atoms with Gasteiger partial charge in [0.15, 0.2) is 5.76 Å². The molecular formula is C9H11N5O3. The van der Waals surface area contributed by atoms with E-state index in [1.165, 1.54) is 12.1 Å². The van der Waals surface area contributed by atoms with Crippen LogP contribution < -0.4 is 5.73 Å². The lowest BCUT2D eigenvalue weighted by Gasteiger charge is -1.95. The van der Waals surface area contributed by atoms with Gasteiger partial charge in [-0.2, -0.15) is 0 Å². The summed E-state index contributed by atoms with van der Waals surface area (Å²) in [5, 5.41) is 18.2. The van der Waals surface area contributed by atoms with Gasteiger partial charge in [-0.1, -0.05) is 5.21 Å². The molecule has 0 spiro atoms. The maximum absolute atomic E-state index is 10.4. The Morgan fingerprint density at radius 2 is 2.35 bits per heavy atom. The number of rotatable bonds is 5. The van der Waals surface area contributed by atoms with Gasteiger partial charge in [-0.15, -0.1) is 5.10 Å². The zero-order chi connectivity index (χ0) is 12.3. The zero-order valence-corrected chi connectivity index (χ0v) is 8.94. The number of aromatic nitrogens is 3. The van der Waals surface area contributed by atoms with E-state index in [0.29, 0.717) is 24.5 Å². The molecule has 0 saturated carbocycles. The predicted molar refractivity (Wildman–Crippen MR) is 58.0 cm³/mol. The molecule has 0 atom stereocenters. The summed E-state index contributed by atoms with van der Waals surface area (Å²) in [6, 6.07) is 2.78. The van der Waals surface area contributed by atoms with Gasteiger partial charge in [0.05, 0.1) is 12.3 Å². The van der Waals surface area contributed by atoms with Gasteiger partial charge >= 0.3 is 5.88 Å². The molecule has 8 nitrogen and oxygen atoms in total. The van der Waals surface area contributed by atoms with Gasteiger partial charge in [-0.3, -0.25) is 14.8 Å². The Morgan fingerprint density at radius 1 is 1.53 bits per heavy atom. The smallest absolute Gasteiger partial charge is 0.399 e. The second-order valence-electron chi connectivity index (χ2n) is 3.40. The summed E-state index contributed by atoms with van der Waals surface area (Å²) in [6.07, 6.45) is 2.46. The Kier molecular flexibility index (Phi) is 3.15. The van der Waals surface area contributed by atoms with E-state index in [4.69, 9.17) is 10.2 Å². The maximum Gasteiger partial charge on any atom is 0.433 e. The molecule has 0 amide bonds. The third kappa shape index (κ3) is 2.48. The van der Waals surface area contributed by atoms with E-state index < -0.39 is 4.92 Å². The third-order valence-electron chi connectivity index (χ3n) is 2.15. The number of hydrogen-bond acceptors (Lipinski definition) is 6. The van der Waals surface area contributed by atoms with Gasteiger partial charge in [0, 0.05) is 6.54 Å². The topological polar surface area (TPSA) is 113 Å². The summed E-state index contributed by atoms with van der Waals surface area (Å²) < 4.78 is 6.63. The standard InChI is InChI=1S/C9H11N5O3/c10-4-1-5-13-6-7(11-12-13)8-2-3-9(17-8)14(15)16/h2-3,6H,1,4-5,10H2. The van der Waals surface area contributed by atoms with Crippen molar-refractivity contribution in [2.24, 2.45) is 5.73 Å². The van der Waals surface area contributed by atoms with Crippen LogP contribution in [0.3, 0.4) is 0 Å². The lowest BCUT2D eigenvalue weighted by molar-refractivity contribution is -0.401. The first-order valence-corrected chi connectivity index (χ1v) is 5.05. The van der Waals surface area contributed by atoms with Crippen molar-refractivity contribution in [2.75, 3.05) is 6.54 Å². The minimum absolute atomic E-state index is 0.309. The van der Waals surface area contributed by atoms with E-state index in [2.05, 4.69) is 10.3 Å². The Labute approximate surface area is 96.2 Å². The van der Waals surface area contributed by atoms with Crippen LogP contribution in [-0.4, -0.2) is 26.5 Å². The highest BCUT2D eigenvalue weighted by atomic mass is 16.6. The van der Waals surface area contributed by atoms with Crippen molar-refractivity contribution in [1.29, 1.82) is 0 Å². The Morgan fingerprint density at radius 3 is 3.00 bits per heavy atom. The summed E-state index contributed by atoms with van der Waals surface area (Å²) in [5.74, 6) is 0.0206. The molecule has 0 bridgehead atoms. The molecule has 0 aromatic carbocycles. The van der Waals surface area contributed by atoms with Gasteiger partial charge < -0.3 is 10.2 Å². The summed E-state index contributed by atoms with van der Waals surface area (Å²) in [4.78, 5) is 9.85. The van der Waals surface area contributed by atoms with Crippen LogP contribution in [0.25, 0.3) is 11.5 Å². The fourth-order valence-electron chi connectivity index (χ4n) is 1.34. The lowest BCUT2D eigenvalue weighted by atomic mass is 10.3. The molecule has 0 radical (unpaired) electrons. The van der Waals surface area contributed by atoms with Crippen LogP contribution in [0.2, 0.25) is 0 Å². The summed E-state index contributed by atoms with van der Waals surface area (Å²) in [7, 11) is 0. The first-order valence-electron chi connectivity index (χ1n) is 5.05. The molecule has 0 unspecified atom stereocenters. The van der Waals surface area contributed by atoms with E-state index in [9.17, 15) is 10.1 Å². The van der Waals surface area contributed by atoms with E-state index in [-0.39, 0.29) is 5.88 Å². The summed E-state index contributed by atoms with van der Waals surface area (Å²) in [5.41, 5.74) is 5.84. The van der Waals surface area contributed by atoms with Crippen LogP contribution in [0.1, 0.15) is 6.42 Å². The van der Waals surface area contributed by atoms with Gasteiger partial charge in [-0.25, -0.2) is 0 Å². The fourth-order valence-corrected chi connectivity index (χ4v) is 1.34. The number of aryl methyl sites for hydroxylation is 1. The Balaban J connectivity index is 2.15. The molecular weight excluding hydrogens is 226 g/mol. The molecule has 2 aromatic heterocycles. The van der Waals surface area contributed by atoms with Crippen molar-refractivity contribution in [3.8, 4) is 11.5 Å². The molecule has 0 aliphatic heterocycles. The maximum atomic E-state index is 10.4. The largest absolute Gasteiger partial charge is 0.433 e. The minimum atomic E-state index is -0.595.